The highest BCUT2D eigenvalue weighted by molar-refractivity contribution is 6.33. The Hall–Kier alpha value is -2.40. The third-order valence-corrected chi connectivity index (χ3v) is 3.97. The molecule has 23 heavy (non-hydrogen) atoms. The molecule has 2 aromatic rings. The van der Waals surface area contributed by atoms with E-state index in [2.05, 4.69) is 10.6 Å². The number of nitrogens with one attached hydrogen (secondary N) is 2. The van der Waals surface area contributed by atoms with Gasteiger partial charge in [0, 0.05) is 0 Å². The molecule has 1 aliphatic rings. The number of carbonyl (C=O) groups is 2. The summed E-state index contributed by atoms with van der Waals surface area (Å²) >= 11 is 5.91. The van der Waals surface area contributed by atoms with Crippen molar-refractivity contribution < 1.29 is 14.0 Å². The number of hydrogen-bond acceptors (Lipinski definition) is 2. The number of carbonyl (C=O) groups excluding carboxylic acids is 2. The van der Waals surface area contributed by atoms with Crippen LogP contribution >= 0.6 is 11.6 Å². The van der Waals surface area contributed by atoms with Gasteiger partial charge in [0.25, 0.3) is 5.91 Å². The quantitative estimate of drug-likeness (QED) is 0.879. The number of hydrogen-bond donors (Lipinski definition) is 2. The maximum atomic E-state index is 14.0. The molecule has 2 aromatic carbocycles. The minimum atomic E-state index is -0.797. The summed E-state index contributed by atoms with van der Waals surface area (Å²) in [5, 5.41) is 4.88. The smallest absolute Gasteiger partial charge is 0.306 e. The fourth-order valence-electron chi connectivity index (χ4n) is 2.27. The first-order chi connectivity index (χ1) is 11.0. The third kappa shape index (κ3) is 3.68. The topological polar surface area (TPSA) is 58.2 Å². The normalized spacial score (nSPS) is 13.5. The van der Waals surface area contributed by atoms with Gasteiger partial charge in [0.15, 0.2) is 0 Å². The largest absolute Gasteiger partial charge is 0.326 e. The van der Waals surface area contributed by atoms with Crippen LogP contribution < -0.4 is 10.6 Å². The van der Waals surface area contributed by atoms with Crippen LogP contribution in [0.2, 0.25) is 5.02 Å². The van der Waals surface area contributed by atoms with Crippen LogP contribution in [0.5, 0.6) is 0 Å². The number of para-hydroxylation sites is 1. The molecule has 0 aromatic heterocycles. The molecule has 6 heteroatoms. The molecule has 1 aliphatic carbocycles. The minimum absolute atomic E-state index is 0.163. The lowest BCUT2D eigenvalue weighted by Crippen LogP contribution is -2.34. The summed E-state index contributed by atoms with van der Waals surface area (Å²) in [6.45, 7) is 0. The van der Waals surface area contributed by atoms with Crippen LogP contribution in [0.1, 0.15) is 34.7 Å². The van der Waals surface area contributed by atoms with E-state index in [0.29, 0.717) is 16.6 Å². The summed E-state index contributed by atoms with van der Waals surface area (Å²) in [5.41, 5.74) is 1.09. The molecule has 4 nitrogen and oxygen atoms in total. The van der Waals surface area contributed by atoms with Crippen LogP contribution in [0, 0.1) is 5.82 Å². The molecule has 0 aliphatic heterocycles. The Kier molecular flexibility index (Phi) is 4.30. The highest BCUT2D eigenvalue weighted by atomic mass is 35.5. The number of amides is 3. The summed E-state index contributed by atoms with van der Waals surface area (Å²) in [6, 6.07) is 10.3. The lowest BCUT2D eigenvalue weighted by atomic mass is 10.1. The van der Waals surface area contributed by atoms with Crippen molar-refractivity contribution in [3.8, 4) is 0 Å². The number of halogens is 2. The second-order valence-corrected chi connectivity index (χ2v) is 5.81. The van der Waals surface area contributed by atoms with Crippen LogP contribution in [0.4, 0.5) is 14.9 Å². The second kappa shape index (κ2) is 6.38. The molecule has 2 N–H and O–H groups in total. The SMILES string of the molecule is O=C(NC(=O)c1ccc(C2CC2)cc1F)Nc1ccccc1Cl. The fourth-order valence-corrected chi connectivity index (χ4v) is 2.46. The monoisotopic (exact) mass is 332 g/mol. The first-order valence-corrected chi connectivity index (χ1v) is 7.58. The zero-order valence-corrected chi connectivity index (χ0v) is 12.9. The molecule has 0 radical (unpaired) electrons. The number of rotatable bonds is 3. The summed E-state index contributed by atoms with van der Waals surface area (Å²) < 4.78 is 14.0. The van der Waals surface area contributed by atoms with Crippen molar-refractivity contribution in [3.63, 3.8) is 0 Å². The average molecular weight is 333 g/mol. The van der Waals surface area contributed by atoms with E-state index in [-0.39, 0.29) is 5.56 Å². The van der Waals surface area contributed by atoms with Crippen LogP contribution in [0.25, 0.3) is 0 Å². The van der Waals surface area contributed by atoms with E-state index < -0.39 is 17.8 Å². The zero-order chi connectivity index (χ0) is 16.4. The Balaban J connectivity index is 1.66. The molecule has 3 amide bonds. The van der Waals surface area contributed by atoms with Gasteiger partial charge >= 0.3 is 6.03 Å². The standard InChI is InChI=1S/C17H14ClFN2O2/c18-13-3-1-2-4-15(13)20-17(23)21-16(22)12-8-7-11(9-14(12)19)10-5-6-10/h1-4,7-10H,5-6H2,(H2,20,21,22,23). The molecule has 118 valence electrons. The molecular weight excluding hydrogens is 319 g/mol. The molecule has 0 spiro atoms. The van der Waals surface area contributed by atoms with Gasteiger partial charge in [-0.05, 0) is 48.6 Å². The van der Waals surface area contributed by atoms with Crippen molar-refractivity contribution in [2.45, 2.75) is 18.8 Å². The van der Waals surface area contributed by atoms with Gasteiger partial charge in [-0.2, -0.15) is 0 Å². The first-order valence-electron chi connectivity index (χ1n) is 7.21. The number of anilines is 1. The predicted molar refractivity (Wildman–Crippen MR) is 86.3 cm³/mol. The lowest BCUT2D eigenvalue weighted by Gasteiger charge is -2.09. The molecule has 0 saturated heterocycles. The predicted octanol–water partition coefficient (Wildman–Crippen LogP) is 4.32. The van der Waals surface area contributed by atoms with E-state index in [1.807, 2.05) is 0 Å². The van der Waals surface area contributed by atoms with Crippen molar-refractivity contribution >= 4 is 29.2 Å². The van der Waals surface area contributed by atoms with E-state index in [9.17, 15) is 14.0 Å². The fraction of sp³-hybridized carbons (Fsp3) is 0.176. The number of imide groups is 1. The van der Waals surface area contributed by atoms with Gasteiger partial charge in [-0.15, -0.1) is 0 Å². The van der Waals surface area contributed by atoms with Gasteiger partial charge in [-0.1, -0.05) is 29.8 Å². The van der Waals surface area contributed by atoms with Crippen molar-refractivity contribution in [1.82, 2.24) is 5.32 Å². The average Bonchev–Trinajstić information content (AvgIpc) is 3.34. The molecule has 1 fully saturated rings. The molecular formula is C17H14ClFN2O2. The Labute approximate surface area is 137 Å². The highest BCUT2D eigenvalue weighted by Gasteiger charge is 2.25. The summed E-state index contributed by atoms with van der Waals surface area (Å²) in [7, 11) is 0. The Morgan fingerprint density at radius 1 is 1.13 bits per heavy atom. The van der Waals surface area contributed by atoms with Crippen LogP contribution in [0.3, 0.4) is 0 Å². The van der Waals surface area contributed by atoms with Crippen molar-refractivity contribution in [1.29, 1.82) is 0 Å². The van der Waals surface area contributed by atoms with Gasteiger partial charge in [0.1, 0.15) is 5.82 Å². The first kappa shape index (κ1) is 15.5. The van der Waals surface area contributed by atoms with Crippen molar-refractivity contribution in [2.24, 2.45) is 0 Å². The van der Waals surface area contributed by atoms with Gasteiger partial charge in [0.05, 0.1) is 16.3 Å². The van der Waals surface area contributed by atoms with E-state index in [1.165, 1.54) is 12.1 Å². The van der Waals surface area contributed by atoms with E-state index in [0.717, 1.165) is 18.4 Å². The van der Waals surface area contributed by atoms with Crippen molar-refractivity contribution in [2.75, 3.05) is 5.32 Å². The number of urea groups is 1. The maximum absolute atomic E-state index is 14.0. The van der Waals surface area contributed by atoms with Gasteiger partial charge in [-0.3, -0.25) is 10.1 Å². The third-order valence-electron chi connectivity index (χ3n) is 3.64. The molecule has 0 unspecified atom stereocenters. The van der Waals surface area contributed by atoms with E-state index in [1.54, 1.807) is 30.3 Å². The van der Waals surface area contributed by atoms with Gasteiger partial charge in [-0.25, -0.2) is 9.18 Å². The Bertz CT molecular complexity index is 775. The lowest BCUT2D eigenvalue weighted by molar-refractivity contribution is 0.0963. The zero-order valence-electron chi connectivity index (χ0n) is 12.1. The maximum Gasteiger partial charge on any atom is 0.326 e. The molecule has 0 heterocycles. The summed E-state index contributed by atoms with van der Waals surface area (Å²) in [5.74, 6) is -1.03. The van der Waals surface area contributed by atoms with Gasteiger partial charge in [0.2, 0.25) is 0 Å². The molecule has 1 saturated carbocycles. The van der Waals surface area contributed by atoms with Gasteiger partial charge < -0.3 is 5.32 Å². The highest BCUT2D eigenvalue weighted by Crippen LogP contribution is 2.40. The molecule has 0 atom stereocenters. The molecule has 0 bridgehead atoms. The number of benzene rings is 2. The van der Waals surface area contributed by atoms with Crippen LogP contribution in [-0.4, -0.2) is 11.9 Å². The Morgan fingerprint density at radius 3 is 2.52 bits per heavy atom. The van der Waals surface area contributed by atoms with E-state index >= 15 is 0 Å². The van der Waals surface area contributed by atoms with Crippen LogP contribution in [-0.2, 0) is 0 Å². The Morgan fingerprint density at radius 2 is 1.87 bits per heavy atom. The minimum Gasteiger partial charge on any atom is -0.306 e. The second-order valence-electron chi connectivity index (χ2n) is 5.40. The van der Waals surface area contributed by atoms with Crippen LogP contribution in [0.15, 0.2) is 42.5 Å². The van der Waals surface area contributed by atoms with Crippen molar-refractivity contribution in [3.05, 3.63) is 64.4 Å². The summed E-state index contributed by atoms with van der Waals surface area (Å²) in [4.78, 5) is 23.8. The van der Waals surface area contributed by atoms with E-state index in [4.69, 9.17) is 11.6 Å². The molecule has 3 rings (SSSR count). The summed E-state index contributed by atoms with van der Waals surface area (Å²) in [6.07, 6.45) is 2.09.